The number of rotatable bonds is 2. The van der Waals surface area contributed by atoms with E-state index in [0.29, 0.717) is 16.6 Å². The summed E-state index contributed by atoms with van der Waals surface area (Å²) < 4.78 is 1.84. The van der Waals surface area contributed by atoms with Crippen molar-refractivity contribution in [2.45, 2.75) is 18.8 Å². The summed E-state index contributed by atoms with van der Waals surface area (Å²) in [6.07, 6.45) is 2.36. The molecular weight excluding hydrogens is 282 g/mol. The molecule has 1 saturated carbocycles. The van der Waals surface area contributed by atoms with E-state index in [-0.39, 0.29) is 0 Å². The van der Waals surface area contributed by atoms with Crippen LogP contribution in [0.3, 0.4) is 0 Å². The molecule has 7 heteroatoms. The lowest BCUT2D eigenvalue weighted by atomic mass is 10.2. The van der Waals surface area contributed by atoms with Crippen LogP contribution >= 0.6 is 22.9 Å². The first-order valence-corrected chi connectivity index (χ1v) is 7.19. The van der Waals surface area contributed by atoms with Crippen LogP contribution in [-0.2, 0) is 0 Å². The van der Waals surface area contributed by atoms with Gasteiger partial charge < -0.3 is 5.73 Å². The van der Waals surface area contributed by atoms with Crippen molar-refractivity contribution < 1.29 is 0 Å². The Morgan fingerprint density at radius 1 is 1.26 bits per heavy atom. The van der Waals surface area contributed by atoms with Crippen LogP contribution in [0.4, 0.5) is 5.69 Å². The second-order valence-electron chi connectivity index (χ2n) is 4.71. The Bertz CT molecular complexity index is 753. The van der Waals surface area contributed by atoms with Gasteiger partial charge in [-0.15, -0.1) is 10.2 Å². The van der Waals surface area contributed by atoms with Crippen molar-refractivity contribution >= 4 is 33.6 Å². The zero-order chi connectivity index (χ0) is 13.0. The van der Waals surface area contributed by atoms with E-state index in [1.165, 1.54) is 24.2 Å². The number of aromatic nitrogens is 4. The van der Waals surface area contributed by atoms with Crippen molar-refractivity contribution in [2.75, 3.05) is 5.73 Å². The lowest BCUT2D eigenvalue weighted by Gasteiger charge is -1.99. The van der Waals surface area contributed by atoms with E-state index in [9.17, 15) is 0 Å². The third kappa shape index (κ3) is 1.87. The van der Waals surface area contributed by atoms with Crippen molar-refractivity contribution in [1.29, 1.82) is 0 Å². The van der Waals surface area contributed by atoms with E-state index in [2.05, 4.69) is 15.3 Å². The highest BCUT2D eigenvalue weighted by Gasteiger charge is 2.30. The van der Waals surface area contributed by atoms with Crippen molar-refractivity contribution in [3.8, 4) is 10.6 Å². The van der Waals surface area contributed by atoms with Crippen molar-refractivity contribution in [3.05, 3.63) is 29.0 Å². The average Bonchev–Trinajstić information content (AvgIpc) is 2.98. The second-order valence-corrected chi connectivity index (χ2v) is 6.10. The summed E-state index contributed by atoms with van der Waals surface area (Å²) in [6.45, 7) is 0. The number of nitrogens with zero attached hydrogens (tertiary/aromatic N) is 4. The van der Waals surface area contributed by atoms with E-state index >= 15 is 0 Å². The molecule has 0 amide bonds. The summed E-state index contributed by atoms with van der Waals surface area (Å²) in [7, 11) is 0. The Kier molecular flexibility index (Phi) is 2.31. The molecule has 3 aromatic rings. The Morgan fingerprint density at radius 2 is 2.11 bits per heavy atom. The SMILES string of the molecule is Nc1cc(Cl)cc(-c2nn3c(C4CC4)nnc3s2)c1. The van der Waals surface area contributed by atoms with Crippen molar-refractivity contribution in [2.24, 2.45) is 0 Å². The molecule has 0 unspecified atom stereocenters. The van der Waals surface area contributed by atoms with Gasteiger partial charge in [0, 0.05) is 22.2 Å². The number of halogens is 1. The van der Waals surface area contributed by atoms with E-state index < -0.39 is 0 Å². The van der Waals surface area contributed by atoms with Crippen LogP contribution in [0.2, 0.25) is 5.02 Å². The van der Waals surface area contributed by atoms with E-state index in [1.54, 1.807) is 6.07 Å². The smallest absolute Gasteiger partial charge is 0.234 e. The van der Waals surface area contributed by atoms with Crippen LogP contribution in [0, 0.1) is 0 Å². The zero-order valence-corrected chi connectivity index (χ0v) is 11.4. The van der Waals surface area contributed by atoms with Gasteiger partial charge in [0.15, 0.2) is 5.82 Å². The Labute approximate surface area is 118 Å². The highest BCUT2D eigenvalue weighted by Crippen LogP contribution is 2.40. The number of benzene rings is 1. The molecule has 2 aromatic heterocycles. The van der Waals surface area contributed by atoms with Gasteiger partial charge in [0.05, 0.1) is 0 Å². The van der Waals surface area contributed by atoms with Crippen LogP contribution in [0.15, 0.2) is 18.2 Å². The van der Waals surface area contributed by atoms with Gasteiger partial charge >= 0.3 is 0 Å². The van der Waals surface area contributed by atoms with Crippen LogP contribution < -0.4 is 5.73 Å². The van der Waals surface area contributed by atoms with Crippen LogP contribution in [0.25, 0.3) is 15.5 Å². The maximum atomic E-state index is 6.03. The Morgan fingerprint density at radius 3 is 2.84 bits per heavy atom. The lowest BCUT2D eigenvalue weighted by Crippen LogP contribution is -1.93. The topological polar surface area (TPSA) is 69.1 Å². The third-order valence-electron chi connectivity index (χ3n) is 3.12. The molecule has 4 rings (SSSR count). The largest absolute Gasteiger partial charge is 0.399 e. The molecule has 19 heavy (non-hydrogen) atoms. The summed E-state index contributed by atoms with van der Waals surface area (Å²) in [5.74, 6) is 1.49. The maximum Gasteiger partial charge on any atom is 0.234 e. The molecule has 0 atom stereocenters. The van der Waals surface area contributed by atoms with Gasteiger partial charge in [0.25, 0.3) is 0 Å². The fourth-order valence-corrected chi connectivity index (χ4v) is 3.16. The van der Waals surface area contributed by atoms with Crippen LogP contribution in [0.5, 0.6) is 0 Å². The number of hydrogen-bond acceptors (Lipinski definition) is 5. The molecule has 0 spiro atoms. The van der Waals surface area contributed by atoms with Crippen molar-refractivity contribution in [3.63, 3.8) is 0 Å². The first kappa shape index (κ1) is 11.2. The predicted molar refractivity (Wildman–Crippen MR) is 75.5 cm³/mol. The predicted octanol–water partition coefficient (Wildman–Crippen LogP) is 2.97. The van der Waals surface area contributed by atoms with Gasteiger partial charge in [-0.05, 0) is 31.0 Å². The minimum absolute atomic E-state index is 0.523. The summed E-state index contributed by atoms with van der Waals surface area (Å²) in [6, 6.07) is 5.45. The lowest BCUT2D eigenvalue weighted by molar-refractivity contribution is 0.828. The van der Waals surface area contributed by atoms with Gasteiger partial charge in [0.2, 0.25) is 4.96 Å². The monoisotopic (exact) mass is 291 g/mol. The van der Waals surface area contributed by atoms with Crippen LogP contribution in [0.1, 0.15) is 24.6 Å². The zero-order valence-electron chi connectivity index (χ0n) is 9.88. The third-order valence-corrected chi connectivity index (χ3v) is 4.29. The maximum absolute atomic E-state index is 6.03. The van der Waals surface area contributed by atoms with Crippen LogP contribution in [-0.4, -0.2) is 19.8 Å². The van der Waals surface area contributed by atoms with E-state index in [1.807, 2.05) is 16.6 Å². The number of anilines is 1. The molecule has 2 N–H and O–H groups in total. The molecule has 1 aliphatic carbocycles. The number of hydrogen-bond donors (Lipinski definition) is 1. The molecule has 0 bridgehead atoms. The number of nitrogen functional groups attached to an aromatic ring is 1. The standard InChI is InChI=1S/C12H10ClN5S/c13-8-3-7(4-9(14)5-8)11-17-18-10(6-1-2-6)15-16-12(18)19-11/h3-6H,1-2,14H2. The highest BCUT2D eigenvalue weighted by atomic mass is 35.5. The quantitative estimate of drug-likeness (QED) is 0.737. The van der Waals surface area contributed by atoms with E-state index in [4.69, 9.17) is 17.3 Å². The molecular formula is C12H10ClN5S. The fraction of sp³-hybridized carbons (Fsp3) is 0.250. The van der Waals surface area contributed by atoms with Crippen molar-refractivity contribution in [1.82, 2.24) is 19.8 Å². The molecule has 96 valence electrons. The van der Waals surface area contributed by atoms with Gasteiger partial charge in [-0.2, -0.15) is 9.61 Å². The first-order valence-electron chi connectivity index (χ1n) is 5.99. The fourth-order valence-electron chi connectivity index (χ4n) is 2.08. The molecule has 1 fully saturated rings. The average molecular weight is 292 g/mol. The molecule has 1 aliphatic rings. The van der Waals surface area contributed by atoms with Gasteiger partial charge in [-0.25, -0.2) is 0 Å². The summed E-state index contributed by atoms with van der Waals surface area (Å²) in [4.78, 5) is 0.815. The minimum atomic E-state index is 0.523. The Hall–Kier alpha value is -1.66. The first-order chi connectivity index (χ1) is 9.20. The van der Waals surface area contributed by atoms with Gasteiger partial charge in [-0.3, -0.25) is 0 Å². The number of fused-ring (bicyclic) bond motifs is 1. The van der Waals surface area contributed by atoms with E-state index in [0.717, 1.165) is 21.4 Å². The molecule has 0 saturated heterocycles. The molecule has 2 heterocycles. The molecule has 5 nitrogen and oxygen atoms in total. The second kappa shape index (κ2) is 3.91. The summed E-state index contributed by atoms with van der Waals surface area (Å²) in [5, 5.41) is 14.4. The molecule has 1 aromatic carbocycles. The van der Waals surface area contributed by atoms with Gasteiger partial charge in [0.1, 0.15) is 5.01 Å². The normalized spacial score (nSPS) is 15.2. The van der Waals surface area contributed by atoms with Gasteiger partial charge in [-0.1, -0.05) is 22.9 Å². The highest BCUT2D eigenvalue weighted by molar-refractivity contribution is 7.19. The number of nitrogens with two attached hydrogens (primary N) is 1. The summed E-state index contributed by atoms with van der Waals surface area (Å²) >= 11 is 7.52. The summed E-state index contributed by atoms with van der Waals surface area (Å²) in [5.41, 5.74) is 7.37. The minimum Gasteiger partial charge on any atom is -0.399 e. The molecule has 0 radical (unpaired) electrons. The Balaban J connectivity index is 1.86. The molecule has 0 aliphatic heterocycles.